The Bertz CT molecular complexity index is 151. The molecule has 0 nitrogen and oxygen atoms in total. The number of alkyl halides is 1. The second-order valence-corrected chi connectivity index (χ2v) is 6.29. The predicted molar refractivity (Wildman–Crippen MR) is 52.0 cm³/mol. The molecular weight excluding hydrogens is 200 g/mol. The van der Waals surface area contributed by atoms with Gasteiger partial charge in [-0.2, -0.15) is 0 Å². The first kappa shape index (κ1) is 8.10. The molecule has 0 aromatic rings. The zero-order valence-corrected chi connectivity index (χ0v) is 8.86. The van der Waals surface area contributed by atoms with E-state index in [1.165, 1.54) is 38.5 Å². The number of halogens is 1. The van der Waals surface area contributed by atoms with E-state index in [9.17, 15) is 0 Å². The topological polar surface area (TPSA) is 0 Å². The van der Waals surface area contributed by atoms with Gasteiger partial charge in [0.2, 0.25) is 0 Å². The summed E-state index contributed by atoms with van der Waals surface area (Å²) in [5.74, 6) is 2.10. The van der Waals surface area contributed by atoms with Gasteiger partial charge in [0.15, 0.2) is 0 Å². The summed E-state index contributed by atoms with van der Waals surface area (Å²) in [6.45, 7) is 2.39. The summed E-state index contributed by atoms with van der Waals surface area (Å²) in [6, 6.07) is 0. The largest absolute Gasteiger partial charge is 0.0853 e. The van der Waals surface area contributed by atoms with E-state index in [2.05, 4.69) is 22.9 Å². The average Bonchev–Trinajstić information content (AvgIpc) is 2.63. The summed E-state index contributed by atoms with van der Waals surface area (Å²) in [7, 11) is 0. The van der Waals surface area contributed by atoms with Crippen molar-refractivity contribution in [3.05, 3.63) is 0 Å². The van der Waals surface area contributed by atoms with Gasteiger partial charge in [-0.1, -0.05) is 41.6 Å². The quantitative estimate of drug-likeness (QED) is 0.542. The molecule has 64 valence electrons. The van der Waals surface area contributed by atoms with Crippen molar-refractivity contribution in [1.82, 2.24) is 0 Å². The highest BCUT2D eigenvalue weighted by molar-refractivity contribution is 9.10. The summed E-state index contributed by atoms with van der Waals surface area (Å²) < 4.78 is 0.498. The fourth-order valence-corrected chi connectivity index (χ4v) is 3.38. The zero-order valence-electron chi connectivity index (χ0n) is 7.28. The maximum Gasteiger partial charge on any atom is 0.0260 e. The molecule has 0 N–H and O–H groups in total. The highest BCUT2D eigenvalue weighted by Crippen LogP contribution is 2.55. The predicted octanol–water partition coefficient (Wildman–Crippen LogP) is 3.74. The van der Waals surface area contributed by atoms with Gasteiger partial charge in [0.25, 0.3) is 0 Å². The van der Waals surface area contributed by atoms with Gasteiger partial charge in [0.1, 0.15) is 0 Å². The SMILES string of the molecule is CC1(Br)CCCCC[C@@H]2CC21. The molecule has 2 aliphatic carbocycles. The lowest BCUT2D eigenvalue weighted by molar-refractivity contribution is 0.423. The lowest BCUT2D eigenvalue weighted by Gasteiger charge is -2.24. The third kappa shape index (κ3) is 1.63. The van der Waals surface area contributed by atoms with E-state index in [1.807, 2.05) is 0 Å². The molecule has 2 saturated carbocycles. The van der Waals surface area contributed by atoms with Gasteiger partial charge in [0, 0.05) is 4.32 Å². The van der Waals surface area contributed by atoms with Crippen LogP contribution in [0.3, 0.4) is 0 Å². The van der Waals surface area contributed by atoms with Crippen LogP contribution in [0.2, 0.25) is 0 Å². The van der Waals surface area contributed by atoms with Gasteiger partial charge in [-0.25, -0.2) is 0 Å². The third-order valence-corrected chi connectivity index (χ3v) is 4.42. The molecule has 0 bridgehead atoms. The van der Waals surface area contributed by atoms with Crippen LogP contribution >= 0.6 is 15.9 Å². The summed E-state index contributed by atoms with van der Waals surface area (Å²) in [4.78, 5) is 0. The maximum atomic E-state index is 3.88. The fraction of sp³-hybridized carbons (Fsp3) is 1.00. The summed E-state index contributed by atoms with van der Waals surface area (Å²) >= 11 is 3.88. The second kappa shape index (κ2) is 2.76. The van der Waals surface area contributed by atoms with Crippen LogP contribution in [0.5, 0.6) is 0 Å². The number of hydrogen-bond acceptors (Lipinski definition) is 0. The summed E-state index contributed by atoms with van der Waals surface area (Å²) in [5.41, 5.74) is 0. The number of rotatable bonds is 0. The van der Waals surface area contributed by atoms with E-state index in [0.717, 1.165) is 11.8 Å². The van der Waals surface area contributed by atoms with Crippen LogP contribution in [0.15, 0.2) is 0 Å². The van der Waals surface area contributed by atoms with Gasteiger partial charge in [0.05, 0.1) is 0 Å². The molecule has 0 aliphatic heterocycles. The highest BCUT2D eigenvalue weighted by Gasteiger charge is 2.48. The van der Waals surface area contributed by atoms with Crippen molar-refractivity contribution < 1.29 is 0 Å². The van der Waals surface area contributed by atoms with E-state index >= 15 is 0 Å². The first-order valence-corrected chi connectivity index (χ1v) is 5.68. The Hall–Kier alpha value is 0.480. The van der Waals surface area contributed by atoms with E-state index in [1.54, 1.807) is 0 Å². The van der Waals surface area contributed by atoms with Crippen molar-refractivity contribution in [2.24, 2.45) is 11.8 Å². The Morgan fingerprint density at radius 3 is 2.91 bits per heavy atom. The van der Waals surface area contributed by atoms with E-state index in [-0.39, 0.29) is 0 Å². The number of hydrogen-bond donors (Lipinski definition) is 0. The molecule has 0 spiro atoms. The Balaban J connectivity index is 1.99. The maximum absolute atomic E-state index is 3.88. The minimum absolute atomic E-state index is 0.498. The molecule has 0 radical (unpaired) electrons. The molecule has 2 rings (SSSR count). The van der Waals surface area contributed by atoms with E-state index in [0.29, 0.717) is 4.32 Å². The number of fused-ring (bicyclic) bond motifs is 1. The lowest BCUT2D eigenvalue weighted by Crippen LogP contribution is -2.20. The Kier molecular flexibility index (Phi) is 2.03. The first-order chi connectivity index (χ1) is 5.20. The third-order valence-electron chi connectivity index (χ3n) is 3.44. The van der Waals surface area contributed by atoms with Crippen molar-refractivity contribution in [3.63, 3.8) is 0 Å². The zero-order chi connectivity index (χ0) is 7.90. The van der Waals surface area contributed by atoms with Crippen LogP contribution in [0, 0.1) is 11.8 Å². The van der Waals surface area contributed by atoms with Gasteiger partial charge in [-0.3, -0.25) is 0 Å². The van der Waals surface area contributed by atoms with Crippen molar-refractivity contribution in [1.29, 1.82) is 0 Å². The molecular formula is C10H17Br. The standard InChI is InChI=1S/C10H17Br/c1-10(11)6-4-2-3-5-8-7-9(8)10/h8-9H,2-7H2,1H3/t8-,9?,10?/m1/s1. The van der Waals surface area contributed by atoms with Gasteiger partial charge in [-0.15, -0.1) is 0 Å². The molecule has 0 heterocycles. The molecule has 1 heteroatoms. The van der Waals surface area contributed by atoms with E-state index < -0.39 is 0 Å². The van der Waals surface area contributed by atoms with Crippen LogP contribution in [0.1, 0.15) is 45.4 Å². The summed E-state index contributed by atoms with van der Waals surface area (Å²) in [6.07, 6.45) is 8.79. The van der Waals surface area contributed by atoms with Crippen LogP contribution in [-0.4, -0.2) is 4.32 Å². The molecule has 0 aromatic heterocycles. The second-order valence-electron chi connectivity index (χ2n) is 4.48. The molecule has 0 amide bonds. The van der Waals surface area contributed by atoms with E-state index in [4.69, 9.17) is 0 Å². The Labute approximate surface area is 77.9 Å². The molecule has 2 aliphatic rings. The van der Waals surface area contributed by atoms with Crippen molar-refractivity contribution in [2.75, 3.05) is 0 Å². The highest BCUT2D eigenvalue weighted by atomic mass is 79.9. The van der Waals surface area contributed by atoms with Crippen LogP contribution in [0.25, 0.3) is 0 Å². The van der Waals surface area contributed by atoms with Crippen LogP contribution < -0.4 is 0 Å². The molecule has 0 aromatic carbocycles. The average molecular weight is 217 g/mol. The van der Waals surface area contributed by atoms with Gasteiger partial charge >= 0.3 is 0 Å². The monoisotopic (exact) mass is 216 g/mol. The van der Waals surface area contributed by atoms with Crippen LogP contribution in [0.4, 0.5) is 0 Å². The molecule has 3 atom stereocenters. The molecule has 2 unspecified atom stereocenters. The lowest BCUT2D eigenvalue weighted by atomic mass is 9.92. The van der Waals surface area contributed by atoms with Gasteiger partial charge < -0.3 is 0 Å². The molecule has 2 fully saturated rings. The summed E-state index contributed by atoms with van der Waals surface area (Å²) in [5, 5.41) is 0. The van der Waals surface area contributed by atoms with Gasteiger partial charge in [-0.05, 0) is 31.6 Å². The fourth-order valence-electron chi connectivity index (χ4n) is 2.54. The van der Waals surface area contributed by atoms with Crippen molar-refractivity contribution in [2.45, 2.75) is 49.8 Å². The van der Waals surface area contributed by atoms with Crippen molar-refractivity contribution in [3.8, 4) is 0 Å². The van der Waals surface area contributed by atoms with Crippen molar-refractivity contribution >= 4 is 15.9 Å². The molecule has 0 saturated heterocycles. The minimum Gasteiger partial charge on any atom is -0.0853 e. The minimum atomic E-state index is 0.498. The normalized spacial score (nSPS) is 50.7. The Morgan fingerprint density at radius 1 is 1.27 bits per heavy atom. The van der Waals surface area contributed by atoms with Crippen LogP contribution in [-0.2, 0) is 0 Å². The Morgan fingerprint density at radius 2 is 2.09 bits per heavy atom. The molecule has 11 heavy (non-hydrogen) atoms. The first-order valence-electron chi connectivity index (χ1n) is 4.89. The smallest absolute Gasteiger partial charge is 0.0260 e.